The minimum Gasteiger partial charge on any atom is -0.473 e. The quantitative estimate of drug-likeness (QED) is 0.511. The van der Waals surface area contributed by atoms with Gasteiger partial charge in [0.1, 0.15) is 0 Å². The van der Waals surface area contributed by atoms with Gasteiger partial charge in [-0.25, -0.2) is 14.6 Å². The Hall–Kier alpha value is -3.65. The highest BCUT2D eigenvalue weighted by molar-refractivity contribution is 6.27. The van der Waals surface area contributed by atoms with Crippen molar-refractivity contribution in [3.05, 3.63) is 71.9 Å². The van der Waals surface area contributed by atoms with Crippen LogP contribution in [-0.2, 0) is 27.4 Å². The van der Waals surface area contributed by atoms with Gasteiger partial charge in [-0.1, -0.05) is 60.2 Å². The number of aromatic nitrogens is 2. The summed E-state index contributed by atoms with van der Waals surface area (Å²) in [5.74, 6) is -2.78. The fourth-order valence-corrected chi connectivity index (χ4v) is 2.77. The van der Waals surface area contributed by atoms with Gasteiger partial charge in [0.2, 0.25) is 5.95 Å². The Labute approximate surface area is 174 Å². The molecular formula is C22H25N3O5. The van der Waals surface area contributed by atoms with Gasteiger partial charge >= 0.3 is 11.9 Å². The minimum atomic E-state index is -1.82. The van der Waals surface area contributed by atoms with Crippen molar-refractivity contribution in [2.75, 3.05) is 19.0 Å². The van der Waals surface area contributed by atoms with Crippen molar-refractivity contribution >= 4 is 17.9 Å². The largest absolute Gasteiger partial charge is 0.473 e. The molecular weight excluding hydrogens is 386 g/mol. The molecule has 8 nitrogen and oxygen atoms in total. The first-order valence-corrected chi connectivity index (χ1v) is 9.28. The SMILES string of the molecule is COCCn1c(-c2ccccc2)cnc1NCc1cccc(C)c1.O=C(O)C(=O)O. The molecule has 0 unspecified atom stereocenters. The van der Waals surface area contributed by atoms with Crippen molar-refractivity contribution in [2.45, 2.75) is 20.0 Å². The number of carbonyl (C=O) groups is 2. The number of ether oxygens (including phenoxy) is 1. The van der Waals surface area contributed by atoms with E-state index in [1.54, 1.807) is 7.11 Å². The number of hydrogen-bond donors (Lipinski definition) is 3. The Morgan fingerprint density at radius 1 is 1.07 bits per heavy atom. The van der Waals surface area contributed by atoms with Crippen LogP contribution in [0.3, 0.4) is 0 Å². The van der Waals surface area contributed by atoms with E-state index in [1.807, 2.05) is 24.4 Å². The number of methoxy groups -OCH3 is 1. The molecule has 8 heteroatoms. The van der Waals surface area contributed by atoms with Crippen LogP contribution in [-0.4, -0.2) is 45.4 Å². The molecule has 0 bridgehead atoms. The number of imidazole rings is 1. The van der Waals surface area contributed by atoms with E-state index in [1.165, 1.54) is 11.1 Å². The average molecular weight is 411 g/mol. The van der Waals surface area contributed by atoms with E-state index in [0.717, 1.165) is 30.3 Å². The van der Waals surface area contributed by atoms with E-state index < -0.39 is 11.9 Å². The number of aryl methyl sites for hydroxylation is 1. The minimum absolute atomic E-state index is 0.648. The fourth-order valence-electron chi connectivity index (χ4n) is 2.77. The third-order valence-electron chi connectivity index (χ3n) is 4.16. The average Bonchev–Trinajstić information content (AvgIpc) is 3.14. The molecule has 0 spiro atoms. The van der Waals surface area contributed by atoms with Crippen LogP contribution in [0.2, 0.25) is 0 Å². The van der Waals surface area contributed by atoms with Crippen LogP contribution in [0, 0.1) is 6.92 Å². The summed E-state index contributed by atoms with van der Waals surface area (Å²) in [4.78, 5) is 22.8. The number of nitrogens with one attached hydrogen (secondary N) is 1. The summed E-state index contributed by atoms with van der Waals surface area (Å²) in [5.41, 5.74) is 4.77. The number of nitrogens with zero attached hydrogens (tertiary/aromatic N) is 2. The summed E-state index contributed by atoms with van der Waals surface area (Å²) in [6.45, 7) is 4.27. The second kappa shape index (κ2) is 11.4. The standard InChI is InChI=1S/C20H23N3O.C2H2O4/c1-16-7-6-8-17(13-16)14-21-20-22-15-19(23(20)11-12-24-2)18-9-4-3-5-10-18;3-1(4)2(5)6/h3-10,13,15H,11-12,14H2,1-2H3,(H,21,22);(H,3,4)(H,5,6). The Morgan fingerprint density at radius 3 is 2.37 bits per heavy atom. The number of carboxylic acid groups (broad SMARTS) is 2. The summed E-state index contributed by atoms with van der Waals surface area (Å²) >= 11 is 0. The van der Waals surface area contributed by atoms with Crippen molar-refractivity contribution in [3.8, 4) is 11.3 Å². The lowest BCUT2D eigenvalue weighted by molar-refractivity contribution is -0.159. The molecule has 0 saturated carbocycles. The molecule has 0 amide bonds. The summed E-state index contributed by atoms with van der Waals surface area (Å²) in [7, 11) is 1.72. The molecule has 0 aliphatic rings. The number of aliphatic carboxylic acids is 2. The van der Waals surface area contributed by atoms with E-state index in [9.17, 15) is 0 Å². The zero-order valence-corrected chi connectivity index (χ0v) is 16.9. The van der Waals surface area contributed by atoms with Crippen LogP contribution >= 0.6 is 0 Å². The van der Waals surface area contributed by atoms with Gasteiger partial charge in [0.05, 0.1) is 18.5 Å². The third kappa shape index (κ3) is 6.75. The normalized spacial score (nSPS) is 10.1. The molecule has 0 saturated heterocycles. The van der Waals surface area contributed by atoms with E-state index in [4.69, 9.17) is 24.5 Å². The first-order valence-electron chi connectivity index (χ1n) is 9.28. The topological polar surface area (TPSA) is 114 Å². The van der Waals surface area contributed by atoms with Crippen molar-refractivity contribution in [1.29, 1.82) is 0 Å². The lowest BCUT2D eigenvalue weighted by Gasteiger charge is -2.13. The number of hydrogen-bond acceptors (Lipinski definition) is 5. The van der Waals surface area contributed by atoms with Crippen LogP contribution in [0.1, 0.15) is 11.1 Å². The molecule has 2 aromatic carbocycles. The Balaban J connectivity index is 0.000000469. The van der Waals surface area contributed by atoms with Gasteiger partial charge in [0, 0.05) is 20.2 Å². The van der Waals surface area contributed by atoms with Crippen LogP contribution < -0.4 is 5.32 Å². The third-order valence-corrected chi connectivity index (χ3v) is 4.16. The van der Waals surface area contributed by atoms with Gasteiger partial charge in [0.15, 0.2) is 0 Å². The Bertz CT molecular complexity index is 958. The molecule has 0 fully saturated rings. The monoisotopic (exact) mass is 411 g/mol. The lowest BCUT2D eigenvalue weighted by Crippen LogP contribution is -2.11. The van der Waals surface area contributed by atoms with Gasteiger partial charge in [-0.15, -0.1) is 0 Å². The van der Waals surface area contributed by atoms with Crippen LogP contribution in [0.15, 0.2) is 60.8 Å². The second-order valence-electron chi connectivity index (χ2n) is 6.43. The number of carboxylic acids is 2. The molecule has 0 aliphatic heterocycles. The Morgan fingerprint density at radius 2 is 1.77 bits per heavy atom. The first kappa shape index (κ1) is 22.6. The molecule has 158 valence electrons. The van der Waals surface area contributed by atoms with Gasteiger partial charge in [-0.2, -0.15) is 0 Å². The lowest BCUT2D eigenvalue weighted by atomic mass is 10.1. The zero-order chi connectivity index (χ0) is 21.9. The number of rotatable bonds is 7. The zero-order valence-electron chi connectivity index (χ0n) is 16.9. The summed E-state index contributed by atoms with van der Waals surface area (Å²) in [6.07, 6.45) is 1.92. The van der Waals surface area contributed by atoms with Gasteiger partial charge < -0.3 is 24.8 Å². The highest BCUT2D eigenvalue weighted by atomic mass is 16.5. The molecule has 30 heavy (non-hydrogen) atoms. The smallest absolute Gasteiger partial charge is 0.414 e. The maximum absolute atomic E-state index is 9.10. The maximum Gasteiger partial charge on any atom is 0.414 e. The highest BCUT2D eigenvalue weighted by Crippen LogP contribution is 2.23. The molecule has 3 N–H and O–H groups in total. The van der Waals surface area contributed by atoms with Crippen molar-refractivity contribution in [1.82, 2.24) is 9.55 Å². The van der Waals surface area contributed by atoms with Crippen LogP contribution in [0.5, 0.6) is 0 Å². The number of anilines is 1. The van der Waals surface area contributed by atoms with Gasteiger partial charge in [-0.05, 0) is 18.1 Å². The predicted octanol–water partition coefficient (Wildman–Crippen LogP) is 3.27. The van der Waals surface area contributed by atoms with Crippen molar-refractivity contribution in [2.24, 2.45) is 0 Å². The molecule has 3 aromatic rings. The molecule has 1 heterocycles. The van der Waals surface area contributed by atoms with E-state index in [2.05, 4.69) is 58.2 Å². The maximum atomic E-state index is 9.10. The highest BCUT2D eigenvalue weighted by Gasteiger charge is 2.11. The van der Waals surface area contributed by atoms with Gasteiger partial charge in [0.25, 0.3) is 0 Å². The van der Waals surface area contributed by atoms with Crippen LogP contribution in [0.4, 0.5) is 5.95 Å². The summed E-state index contributed by atoms with van der Waals surface area (Å²) in [6, 6.07) is 18.8. The van der Waals surface area contributed by atoms with Crippen molar-refractivity contribution in [3.63, 3.8) is 0 Å². The predicted molar refractivity (Wildman–Crippen MR) is 113 cm³/mol. The Kier molecular flexibility index (Phi) is 8.58. The summed E-state index contributed by atoms with van der Waals surface area (Å²) in [5, 5.41) is 18.2. The number of benzene rings is 2. The van der Waals surface area contributed by atoms with Gasteiger partial charge in [-0.3, -0.25) is 0 Å². The molecule has 1 aromatic heterocycles. The molecule has 0 radical (unpaired) electrons. The van der Waals surface area contributed by atoms with Crippen LogP contribution in [0.25, 0.3) is 11.3 Å². The van der Waals surface area contributed by atoms with E-state index >= 15 is 0 Å². The summed E-state index contributed by atoms with van der Waals surface area (Å²) < 4.78 is 7.44. The molecule has 3 rings (SSSR count). The van der Waals surface area contributed by atoms with E-state index in [-0.39, 0.29) is 0 Å². The van der Waals surface area contributed by atoms with Crippen molar-refractivity contribution < 1.29 is 24.5 Å². The molecule has 0 aliphatic carbocycles. The fraction of sp³-hybridized carbons (Fsp3) is 0.227. The van der Waals surface area contributed by atoms with E-state index in [0.29, 0.717) is 6.61 Å². The first-order chi connectivity index (χ1) is 14.4. The molecule has 0 atom stereocenters. The second-order valence-corrected chi connectivity index (χ2v) is 6.43.